The van der Waals surface area contributed by atoms with E-state index in [1.54, 1.807) is 0 Å². The Kier molecular flexibility index (Phi) is 4.95. The summed E-state index contributed by atoms with van der Waals surface area (Å²) >= 11 is 0. The first-order valence-corrected chi connectivity index (χ1v) is 7.12. The number of hydrogen-bond acceptors (Lipinski definition) is 3. The molecule has 0 saturated carbocycles. The topological polar surface area (TPSA) is 61.4 Å². The van der Waals surface area contributed by atoms with E-state index in [9.17, 15) is 14.3 Å². The number of carbonyl (C=O) groups excluding carboxylic acids is 1. The van der Waals surface area contributed by atoms with Crippen LogP contribution in [0, 0.1) is 11.7 Å². The van der Waals surface area contributed by atoms with Gasteiger partial charge in [-0.05, 0) is 37.4 Å². The summed E-state index contributed by atoms with van der Waals surface area (Å²) in [7, 11) is 0. The number of nitrogens with one attached hydrogen (secondary N) is 2. The van der Waals surface area contributed by atoms with Crippen LogP contribution in [0.1, 0.15) is 36.5 Å². The number of amides is 1. The van der Waals surface area contributed by atoms with Crippen LogP contribution in [0.15, 0.2) is 18.2 Å². The average molecular weight is 280 g/mol. The number of benzene rings is 1. The maximum atomic E-state index is 12.9. The summed E-state index contributed by atoms with van der Waals surface area (Å²) in [6.45, 7) is 3.64. The van der Waals surface area contributed by atoms with Crippen molar-refractivity contribution < 1.29 is 14.3 Å². The zero-order valence-electron chi connectivity index (χ0n) is 11.7. The van der Waals surface area contributed by atoms with Gasteiger partial charge in [-0.3, -0.25) is 4.79 Å². The van der Waals surface area contributed by atoms with Gasteiger partial charge in [0.2, 0.25) is 0 Å². The zero-order valence-corrected chi connectivity index (χ0v) is 11.7. The molecule has 20 heavy (non-hydrogen) atoms. The van der Waals surface area contributed by atoms with Crippen molar-refractivity contribution in [3.8, 4) is 5.75 Å². The minimum Gasteiger partial charge on any atom is -0.507 e. The highest BCUT2D eigenvalue weighted by Gasteiger charge is 2.23. The molecule has 2 unspecified atom stereocenters. The van der Waals surface area contributed by atoms with E-state index >= 15 is 0 Å². The van der Waals surface area contributed by atoms with E-state index in [-0.39, 0.29) is 23.3 Å². The van der Waals surface area contributed by atoms with Crippen LogP contribution in [-0.4, -0.2) is 30.1 Å². The second-order valence-corrected chi connectivity index (χ2v) is 5.24. The van der Waals surface area contributed by atoms with Crippen molar-refractivity contribution in [3.63, 3.8) is 0 Å². The molecule has 1 aromatic carbocycles. The van der Waals surface area contributed by atoms with Gasteiger partial charge >= 0.3 is 0 Å². The lowest BCUT2D eigenvalue weighted by molar-refractivity contribution is 0.0939. The fourth-order valence-electron chi connectivity index (χ4n) is 2.74. The van der Waals surface area contributed by atoms with Crippen molar-refractivity contribution >= 4 is 5.91 Å². The summed E-state index contributed by atoms with van der Waals surface area (Å²) < 4.78 is 12.9. The van der Waals surface area contributed by atoms with Crippen molar-refractivity contribution in [2.75, 3.05) is 13.1 Å². The smallest absolute Gasteiger partial charge is 0.255 e. The Hall–Kier alpha value is -1.62. The van der Waals surface area contributed by atoms with Crippen molar-refractivity contribution in [1.82, 2.24) is 10.6 Å². The van der Waals surface area contributed by atoms with Crippen LogP contribution in [0.3, 0.4) is 0 Å². The van der Waals surface area contributed by atoms with Crippen LogP contribution in [-0.2, 0) is 0 Å². The molecule has 2 atom stereocenters. The van der Waals surface area contributed by atoms with E-state index in [4.69, 9.17) is 0 Å². The Morgan fingerprint density at radius 2 is 2.35 bits per heavy atom. The number of halogens is 1. The van der Waals surface area contributed by atoms with Gasteiger partial charge in [0.15, 0.2) is 0 Å². The fourth-order valence-corrected chi connectivity index (χ4v) is 2.74. The number of piperidine rings is 1. The summed E-state index contributed by atoms with van der Waals surface area (Å²) in [5.41, 5.74) is 0.107. The fraction of sp³-hybridized carbons (Fsp3) is 0.533. The Labute approximate surface area is 118 Å². The monoisotopic (exact) mass is 280 g/mol. The van der Waals surface area contributed by atoms with Crippen molar-refractivity contribution in [3.05, 3.63) is 29.6 Å². The molecular weight excluding hydrogens is 259 g/mol. The Morgan fingerprint density at radius 3 is 3.05 bits per heavy atom. The highest BCUT2D eigenvalue weighted by atomic mass is 19.1. The molecule has 1 aliphatic rings. The lowest BCUT2D eigenvalue weighted by atomic mass is 9.88. The molecule has 3 N–H and O–H groups in total. The number of rotatable bonds is 4. The number of aromatic hydroxyl groups is 1. The molecule has 2 rings (SSSR count). The van der Waals surface area contributed by atoms with Crippen molar-refractivity contribution in [1.29, 1.82) is 0 Å². The number of phenolic OH excluding ortho intramolecular Hbond substituents is 1. The van der Waals surface area contributed by atoms with E-state index in [1.165, 1.54) is 25.0 Å². The molecule has 5 heteroatoms. The molecule has 1 heterocycles. The molecular formula is C15H21FN2O2. The van der Waals surface area contributed by atoms with Crippen LogP contribution in [0.5, 0.6) is 5.75 Å². The Bertz CT molecular complexity index is 479. The van der Waals surface area contributed by atoms with Crippen LogP contribution >= 0.6 is 0 Å². The van der Waals surface area contributed by atoms with Crippen LogP contribution in [0.2, 0.25) is 0 Å². The second-order valence-electron chi connectivity index (χ2n) is 5.24. The average Bonchev–Trinajstić information content (AvgIpc) is 2.45. The van der Waals surface area contributed by atoms with Crippen LogP contribution in [0.4, 0.5) is 4.39 Å². The van der Waals surface area contributed by atoms with Crippen molar-refractivity contribution in [2.24, 2.45) is 5.92 Å². The maximum absolute atomic E-state index is 12.9. The molecule has 1 aromatic rings. The lowest BCUT2D eigenvalue weighted by Crippen LogP contribution is -2.48. The Morgan fingerprint density at radius 1 is 1.55 bits per heavy atom. The first kappa shape index (κ1) is 14.8. The van der Waals surface area contributed by atoms with Gasteiger partial charge in [-0.1, -0.05) is 13.3 Å². The van der Waals surface area contributed by atoms with Crippen molar-refractivity contribution in [2.45, 2.75) is 32.2 Å². The molecule has 0 bridgehead atoms. The number of hydrogen-bond donors (Lipinski definition) is 3. The Balaban J connectivity index is 1.94. The molecule has 1 fully saturated rings. The van der Waals surface area contributed by atoms with Gasteiger partial charge in [-0.25, -0.2) is 4.39 Å². The molecule has 0 aliphatic carbocycles. The SMILES string of the molecule is CCC1CCCNC1CNC(=O)c1ccc(F)cc1O. The minimum absolute atomic E-state index is 0.107. The van der Waals surface area contributed by atoms with Gasteiger partial charge in [0, 0.05) is 18.7 Å². The third-order valence-electron chi connectivity index (χ3n) is 3.94. The first-order valence-electron chi connectivity index (χ1n) is 7.12. The molecule has 1 saturated heterocycles. The summed E-state index contributed by atoms with van der Waals surface area (Å²) in [6, 6.07) is 3.68. The zero-order chi connectivity index (χ0) is 14.5. The van der Waals surface area contributed by atoms with E-state index in [1.807, 2.05) is 0 Å². The third kappa shape index (κ3) is 3.48. The van der Waals surface area contributed by atoms with Gasteiger partial charge in [0.1, 0.15) is 11.6 Å². The second kappa shape index (κ2) is 6.70. The molecule has 0 spiro atoms. The van der Waals surface area contributed by atoms with Gasteiger partial charge < -0.3 is 15.7 Å². The maximum Gasteiger partial charge on any atom is 0.255 e. The minimum atomic E-state index is -0.556. The predicted octanol–water partition coefficient (Wildman–Crippen LogP) is 2.04. The quantitative estimate of drug-likeness (QED) is 0.791. The van der Waals surface area contributed by atoms with Gasteiger partial charge in [0.25, 0.3) is 5.91 Å². The van der Waals surface area contributed by atoms with Gasteiger partial charge in [-0.15, -0.1) is 0 Å². The number of carbonyl (C=O) groups is 1. The summed E-state index contributed by atoms with van der Waals surface area (Å²) in [5.74, 6) is -0.694. The molecule has 1 aliphatic heterocycles. The number of phenols is 1. The van der Waals surface area contributed by atoms with E-state index < -0.39 is 5.82 Å². The molecule has 110 valence electrons. The van der Waals surface area contributed by atoms with Gasteiger partial charge in [0.05, 0.1) is 5.56 Å². The highest BCUT2D eigenvalue weighted by molar-refractivity contribution is 5.96. The standard InChI is InChI=1S/C15H21FN2O2/c1-2-10-4-3-7-17-13(10)9-18-15(20)12-6-5-11(16)8-14(12)19/h5-6,8,10,13,17,19H,2-4,7,9H2,1H3,(H,18,20). The van der Waals surface area contributed by atoms with E-state index in [2.05, 4.69) is 17.6 Å². The van der Waals surface area contributed by atoms with Gasteiger partial charge in [-0.2, -0.15) is 0 Å². The highest BCUT2D eigenvalue weighted by Crippen LogP contribution is 2.20. The largest absolute Gasteiger partial charge is 0.507 e. The van der Waals surface area contributed by atoms with E-state index in [0.29, 0.717) is 12.5 Å². The van der Waals surface area contributed by atoms with Crippen LogP contribution in [0.25, 0.3) is 0 Å². The normalized spacial score (nSPS) is 22.5. The molecule has 4 nitrogen and oxygen atoms in total. The molecule has 0 radical (unpaired) electrons. The molecule has 0 aromatic heterocycles. The predicted molar refractivity (Wildman–Crippen MR) is 75.2 cm³/mol. The summed E-state index contributed by atoms with van der Waals surface area (Å²) in [5, 5.41) is 15.8. The first-order chi connectivity index (χ1) is 9.61. The summed E-state index contributed by atoms with van der Waals surface area (Å²) in [6.07, 6.45) is 3.42. The lowest BCUT2D eigenvalue weighted by Gasteiger charge is -2.32. The molecule has 1 amide bonds. The summed E-state index contributed by atoms with van der Waals surface area (Å²) in [4.78, 5) is 12.0. The third-order valence-corrected chi connectivity index (χ3v) is 3.94. The van der Waals surface area contributed by atoms with Crippen LogP contribution < -0.4 is 10.6 Å². The van der Waals surface area contributed by atoms with E-state index in [0.717, 1.165) is 19.0 Å².